The van der Waals surface area contributed by atoms with E-state index in [0.29, 0.717) is 48.6 Å². The van der Waals surface area contributed by atoms with Crippen LogP contribution in [0.5, 0.6) is 0 Å². The maximum Gasteiger partial charge on any atom is 0.139 e. The van der Waals surface area contributed by atoms with Crippen molar-refractivity contribution < 1.29 is 14.8 Å². The van der Waals surface area contributed by atoms with E-state index in [1.807, 2.05) is 0 Å². The van der Waals surface area contributed by atoms with E-state index in [4.69, 9.17) is 0 Å². The lowest BCUT2D eigenvalue weighted by Gasteiger charge is -2.59. The van der Waals surface area contributed by atoms with Gasteiger partial charge in [0.2, 0.25) is 0 Å². The monoisotopic (exact) mass is 317 g/mol. The van der Waals surface area contributed by atoms with Gasteiger partial charge in [0.25, 0.3) is 0 Å². The standard InChI is InChI=1S/C19H27NO3/c1-18-7-5-11(21)9-15(18)16(20-23)10-12-13-3-4-17(22)19(13,2)8-6-14(12)18/h12-15,23H,3-10H2,1-2H3/b20-16+/t12-,13-,14-,15?,18+,19-/m0/s1. The van der Waals surface area contributed by atoms with Gasteiger partial charge in [0.15, 0.2) is 0 Å². The molecule has 4 saturated carbocycles. The van der Waals surface area contributed by atoms with Crippen LogP contribution in [0.3, 0.4) is 0 Å². The number of hydrogen-bond acceptors (Lipinski definition) is 4. The van der Waals surface area contributed by atoms with Gasteiger partial charge in [-0.3, -0.25) is 9.59 Å². The third-order valence-corrected chi connectivity index (χ3v) is 8.14. The summed E-state index contributed by atoms with van der Waals surface area (Å²) in [7, 11) is 0. The number of rotatable bonds is 0. The SMILES string of the molecule is C[C@]12CCC(=O)CC1/C(=N/O)C[C@@H]1[C@@H]2CC[C@]2(C)C(=O)CC[C@@H]12. The minimum absolute atomic E-state index is 0.0609. The molecule has 1 unspecified atom stereocenters. The zero-order chi connectivity index (χ0) is 16.4. The van der Waals surface area contributed by atoms with Crippen molar-refractivity contribution in [1.82, 2.24) is 0 Å². The van der Waals surface area contributed by atoms with E-state index in [0.717, 1.165) is 37.8 Å². The van der Waals surface area contributed by atoms with Crippen LogP contribution in [0.2, 0.25) is 0 Å². The maximum absolute atomic E-state index is 12.4. The molecule has 0 aromatic heterocycles. The molecule has 4 aliphatic rings. The first-order chi connectivity index (χ1) is 10.9. The Bertz CT molecular complexity index is 597. The fourth-order valence-corrected chi connectivity index (χ4v) is 6.74. The Morgan fingerprint density at radius 1 is 1.04 bits per heavy atom. The van der Waals surface area contributed by atoms with E-state index in [-0.39, 0.29) is 16.7 Å². The predicted molar refractivity (Wildman–Crippen MR) is 86.3 cm³/mol. The van der Waals surface area contributed by atoms with Crippen LogP contribution in [0.1, 0.15) is 65.2 Å². The molecule has 4 nitrogen and oxygen atoms in total. The molecule has 4 rings (SSSR count). The average Bonchev–Trinajstić information content (AvgIpc) is 2.83. The largest absolute Gasteiger partial charge is 0.411 e. The van der Waals surface area contributed by atoms with E-state index < -0.39 is 0 Å². The third-order valence-electron chi connectivity index (χ3n) is 8.14. The highest BCUT2D eigenvalue weighted by molar-refractivity contribution is 5.94. The van der Waals surface area contributed by atoms with Gasteiger partial charge in [0.1, 0.15) is 11.6 Å². The summed E-state index contributed by atoms with van der Waals surface area (Å²) in [6, 6.07) is 0. The molecule has 126 valence electrons. The summed E-state index contributed by atoms with van der Waals surface area (Å²) in [5, 5.41) is 13.2. The number of nitrogens with zero attached hydrogens (tertiary/aromatic N) is 1. The molecule has 0 aliphatic heterocycles. The fraction of sp³-hybridized carbons (Fsp3) is 0.842. The zero-order valence-electron chi connectivity index (χ0n) is 14.2. The Kier molecular flexibility index (Phi) is 3.27. The number of oxime groups is 1. The fourth-order valence-electron chi connectivity index (χ4n) is 6.74. The number of hydrogen-bond donors (Lipinski definition) is 1. The Balaban J connectivity index is 1.73. The molecule has 0 bridgehead atoms. The molecule has 0 heterocycles. The van der Waals surface area contributed by atoms with Crippen molar-refractivity contribution in [1.29, 1.82) is 0 Å². The molecule has 1 N–H and O–H groups in total. The number of carbonyl (C=O) groups excluding carboxylic acids is 2. The minimum atomic E-state index is -0.157. The van der Waals surface area contributed by atoms with Crippen LogP contribution in [0.15, 0.2) is 5.16 Å². The molecule has 4 aliphatic carbocycles. The third kappa shape index (κ3) is 1.93. The summed E-state index contributed by atoms with van der Waals surface area (Å²) < 4.78 is 0. The number of fused-ring (bicyclic) bond motifs is 5. The number of ketones is 2. The van der Waals surface area contributed by atoms with E-state index in [1.165, 1.54) is 0 Å². The Morgan fingerprint density at radius 3 is 2.57 bits per heavy atom. The lowest BCUT2D eigenvalue weighted by Crippen LogP contribution is -2.56. The average molecular weight is 317 g/mol. The van der Waals surface area contributed by atoms with Gasteiger partial charge in [-0.1, -0.05) is 19.0 Å². The first-order valence-corrected chi connectivity index (χ1v) is 9.16. The topological polar surface area (TPSA) is 66.7 Å². The number of carbonyl (C=O) groups is 2. The van der Waals surface area contributed by atoms with Crippen molar-refractivity contribution in [2.24, 2.45) is 39.7 Å². The van der Waals surface area contributed by atoms with Gasteiger partial charge >= 0.3 is 0 Å². The normalized spacial score (nSPS) is 51.3. The van der Waals surface area contributed by atoms with Crippen molar-refractivity contribution in [3.63, 3.8) is 0 Å². The first-order valence-electron chi connectivity index (χ1n) is 9.16. The Labute approximate surface area is 137 Å². The van der Waals surface area contributed by atoms with Gasteiger partial charge in [-0.05, 0) is 55.3 Å². The zero-order valence-corrected chi connectivity index (χ0v) is 14.2. The molecule has 0 aromatic rings. The van der Waals surface area contributed by atoms with E-state index in [2.05, 4.69) is 19.0 Å². The van der Waals surface area contributed by atoms with E-state index in [1.54, 1.807) is 0 Å². The summed E-state index contributed by atoms with van der Waals surface area (Å²) in [6.07, 6.45) is 6.69. The van der Waals surface area contributed by atoms with Gasteiger partial charge in [0.05, 0.1) is 5.71 Å². The molecule has 0 saturated heterocycles. The van der Waals surface area contributed by atoms with Gasteiger partial charge < -0.3 is 5.21 Å². The minimum Gasteiger partial charge on any atom is -0.411 e. The van der Waals surface area contributed by atoms with Crippen LogP contribution >= 0.6 is 0 Å². The van der Waals surface area contributed by atoms with Crippen molar-refractivity contribution in [3.8, 4) is 0 Å². The van der Waals surface area contributed by atoms with Crippen LogP contribution in [-0.2, 0) is 9.59 Å². The second kappa shape index (κ2) is 4.90. The predicted octanol–water partition coefficient (Wildman–Crippen LogP) is 3.61. The van der Waals surface area contributed by atoms with Crippen molar-refractivity contribution >= 4 is 17.3 Å². The highest BCUT2D eigenvalue weighted by Crippen LogP contribution is 2.64. The molecule has 23 heavy (non-hydrogen) atoms. The number of Topliss-reactive ketones (excluding diaryl/α,β-unsaturated/α-hetero) is 2. The van der Waals surface area contributed by atoms with Crippen molar-refractivity contribution in [3.05, 3.63) is 0 Å². The van der Waals surface area contributed by atoms with E-state index in [9.17, 15) is 14.8 Å². The van der Waals surface area contributed by atoms with Gasteiger partial charge in [-0.2, -0.15) is 0 Å². The van der Waals surface area contributed by atoms with Gasteiger partial charge in [-0.15, -0.1) is 0 Å². The second-order valence-corrected chi connectivity index (χ2v) is 8.89. The van der Waals surface area contributed by atoms with Crippen LogP contribution in [0.4, 0.5) is 0 Å². The lowest BCUT2D eigenvalue weighted by molar-refractivity contribution is -0.136. The quantitative estimate of drug-likeness (QED) is 0.548. The lowest BCUT2D eigenvalue weighted by atomic mass is 9.45. The smallest absolute Gasteiger partial charge is 0.139 e. The van der Waals surface area contributed by atoms with Gasteiger partial charge in [-0.25, -0.2) is 0 Å². The highest BCUT2D eigenvalue weighted by atomic mass is 16.4. The highest BCUT2D eigenvalue weighted by Gasteiger charge is 2.61. The molecular weight excluding hydrogens is 290 g/mol. The van der Waals surface area contributed by atoms with Crippen LogP contribution in [0, 0.1) is 34.5 Å². The van der Waals surface area contributed by atoms with Crippen LogP contribution in [0.25, 0.3) is 0 Å². The molecule has 4 heteroatoms. The molecule has 0 radical (unpaired) electrons. The molecule has 4 fully saturated rings. The molecule has 6 atom stereocenters. The molecular formula is C19H27NO3. The molecule has 0 amide bonds. The van der Waals surface area contributed by atoms with Crippen LogP contribution < -0.4 is 0 Å². The van der Waals surface area contributed by atoms with Crippen molar-refractivity contribution in [2.75, 3.05) is 0 Å². The summed E-state index contributed by atoms with van der Waals surface area (Å²) in [5.74, 6) is 2.30. The summed E-state index contributed by atoms with van der Waals surface area (Å²) in [5.41, 5.74) is 0.728. The van der Waals surface area contributed by atoms with Crippen molar-refractivity contribution in [2.45, 2.75) is 65.2 Å². The maximum atomic E-state index is 12.4. The summed E-state index contributed by atoms with van der Waals surface area (Å²) >= 11 is 0. The Morgan fingerprint density at radius 2 is 1.83 bits per heavy atom. The summed E-state index contributed by atoms with van der Waals surface area (Å²) in [6.45, 7) is 4.48. The van der Waals surface area contributed by atoms with E-state index >= 15 is 0 Å². The van der Waals surface area contributed by atoms with Gasteiger partial charge in [0, 0.05) is 30.6 Å². The van der Waals surface area contributed by atoms with Crippen LogP contribution in [-0.4, -0.2) is 22.5 Å². The first kappa shape index (κ1) is 15.3. The molecule has 0 aromatic carbocycles. The Hall–Kier alpha value is -1.19. The summed E-state index contributed by atoms with van der Waals surface area (Å²) in [4.78, 5) is 24.4. The molecule has 0 spiro atoms. The second-order valence-electron chi connectivity index (χ2n) is 8.89.